The van der Waals surface area contributed by atoms with Crippen LogP contribution in [-0.2, 0) is 4.74 Å². The van der Waals surface area contributed by atoms with Gasteiger partial charge in [-0.1, -0.05) is 12.2 Å². The van der Waals surface area contributed by atoms with E-state index >= 15 is 0 Å². The highest BCUT2D eigenvalue weighted by Gasteiger charge is 2.03. The summed E-state index contributed by atoms with van der Waals surface area (Å²) in [6, 6.07) is 0. The van der Waals surface area contributed by atoms with Gasteiger partial charge >= 0.3 is 6.16 Å². The van der Waals surface area contributed by atoms with Gasteiger partial charge in [-0.2, -0.15) is 0 Å². The predicted octanol–water partition coefficient (Wildman–Crippen LogP) is 1.52. The van der Waals surface area contributed by atoms with Crippen LogP contribution in [0.2, 0.25) is 0 Å². The van der Waals surface area contributed by atoms with Crippen molar-refractivity contribution in [3.63, 3.8) is 0 Å². The molecule has 3 heteroatoms. The van der Waals surface area contributed by atoms with E-state index in [9.17, 15) is 4.79 Å². The molecule has 48 valence electrons. The van der Waals surface area contributed by atoms with Gasteiger partial charge in [0.25, 0.3) is 0 Å². The summed E-state index contributed by atoms with van der Waals surface area (Å²) >= 11 is 0. The van der Waals surface area contributed by atoms with Gasteiger partial charge in [0.1, 0.15) is 5.76 Å². The Hall–Kier alpha value is -1.25. The van der Waals surface area contributed by atoms with E-state index in [4.69, 9.17) is 5.11 Å². The monoisotopic (exact) mass is 126 g/mol. The molecule has 1 aliphatic rings. The second-order valence-electron chi connectivity index (χ2n) is 1.63. The molecule has 1 N–H and O–H groups in total. The fraction of sp³-hybridized carbons (Fsp3) is 0.167. The molecular weight excluding hydrogens is 120 g/mol. The third-order valence-corrected chi connectivity index (χ3v) is 0.956. The summed E-state index contributed by atoms with van der Waals surface area (Å²) in [5.74, 6) is 0.488. The number of hydrogen-bond acceptors (Lipinski definition) is 2. The molecule has 0 bridgehead atoms. The fourth-order valence-corrected chi connectivity index (χ4v) is 0.615. The number of carboxylic acid groups (broad SMARTS) is 1. The topological polar surface area (TPSA) is 46.5 Å². The lowest BCUT2D eigenvalue weighted by Crippen LogP contribution is -1.97. The lowest BCUT2D eigenvalue weighted by atomic mass is 10.4. The van der Waals surface area contributed by atoms with Crippen molar-refractivity contribution in [2.24, 2.45) is 0 Å². The van der Waals surface area contributed by atoms with Crippen LogP contribution in [0.4, 0.5) is 4.79 Å². The minimum Gasteiger partial charge on any atom is -0.449 e. The first kappa shape index (κ1) is 5.88. The highest BCUT2D eigenvalue weighted by atomic mass is 16.7. The van der Waals surface area contributed by atoms with Crippen molar-refractivity contribution in [3.05, 3.63) is 24.0 Å². The van der Waals surface area contributed by atoms with Gasteiger partial charge in [0.05, 0.1) is 0 Å². The average molecular weight is 126 g/mol. The third-order valence-electron chi connectivity index (χ3n) is 0.956. The van der Waals surface area contributed by atoms with Gasteiger partial charge < -0.3 is 9.84 Å². The highest BCUT2D eigenvalue weighted by molar-refractivity contribution is 5.58. The van der Waals surface area contributed by atoms with Crippen LogP contribution >= 0.6 is 0 Å². The molecule has 0 unspecified atom stereocenters. The molecule has 1 rings (SSSR count). The second kappa shape index (κ2) is 2.35. The van der Waals surface area contributed by atoms with E-state index in [2.05, 4.69) is 4.74 Å². The Morgan fingerprint density at radius 2 is 2.56 bits per heavy atom. The van der Waals surface area contributed by atoms with Crippen LogP contribution in [0, 0.1) is 0 Å². The van der Waals surface area contributed by atoms with E-state index < -0.39 is 6.16 Å². The molecule has 0 heterocycles. The summed E-state index contributed by atoms with van der Waals surface area (Å²) in [7, 11) is 0. The zero-order valence-electron chi connectivity index (χ0n) is 4.70. The van der Waals surface area contributed by atoms with E-state index in [-0.39, 0.29) is 0 Å². The summed E-state index contributed by atoms with van der Waals surface area (Å²) in [5.41, 5.74) is 0. The summed E-state index contributed by atoms with van der Waals surface area (Å²) < 4.78 is 4.33. The molecule has 0 fully saturated rings. The van der Waals surface area contributed by atoms with Crippen LogP contribution in [0.15, 0.2) is 24.0 Å². The van der Waals surface area contributed by atoms with E-state index in [0.717, 1.165) is 0 Å². The van der Waals surface area contributed by atoms with Crippen molar-refractivity contribution >= 4 is 6.16 Å². The Morgan fingerprint density at radius 3 is 3.00 bits per heavy atom. The first-order valence-corrected chi connectivity index (χ1v) is 2.55. The Kier molecular flexibility index (Phi) is 1.53. The quantitative estimate of drug-likeness (QED) is 0.542. The molecule has 0 atom stereocenters. The largest absolute Gasteiger partial charge is 0.511 e. The molecule has 0 saturated carbocycles. The highest BCUT2D eigenvalue weighted by Crippen LogP contribution is 2.10. The number of allylic oxidation sites excluding steroid dienone is 3. The van der Waals surface area contributed by atoms with Gasteiger partial charge in [-0.05, 0) is 6.08 Å². The number of ether oxygens (including phenoxy) is 1. The zero-order valence-corrected chi connectivity index (χ0v) is 4.70. The molecule has 1 aliphatic carbocycles. The lowest BCUT2D eigenvalue weighted by Gasteiger charge is -1.96. The smallest absolute Gasteiger partial charge is 0.449 e. The molecule has 0 radical (unpaired) electrons. The number of rotatable bonds is 1. The second-order valence-corrected chi connectivity index (χ2v) is 1.63. The van der Waals surface area contributed by atoms with Crippen LogP contribution in [0.25, 0.3) is 0 Å². The average Bonchev–Trinajstić information content (AvgIpc) is 2.15. The summed E-state index contributed by atoms with van der Waals surface area (Å²) in [4.78, 5) is 9.86. The predicted molar refractivity (Wildman–Crippen MR) is 30.9 cm³/mol. The molecule has 0 amide bonds. The summed E-state index contributed by atoms with van der Waals surface area (Å²) in [6.07, 6.45) is 4.57. The van der Waals surface area contributed by atoms with Gasteiger partial charge in [-0.15, -0.1) is 0 Å². The number of hydrogen-bond donors (Lipinski definition) is 1. The maximum atomic E-state index is 9.86. The molecule has 0 aromatic rings. The summed E-state index contributed by atoms with van der Waals surface area (Å²) in [6.45, 7) is 0. The van der Waals surface area contributed by atoms with Gasteiger partial charge in [-0.3, -0.25) is 0 Å². The SMILES string of the molecule is O=C(O)OC1=CC=CC1. The van der Waals surface area contributed by atoms with Crippen molar-refractivity contribution in [1.82, 2.24) is 0 Å². The van der Waals surface area contributed by atoms with E-state index in [0.29, 0.717) is 12.2 Å². The molecule has 0 saturated heterocycles. The van der Waals surface area contributed by atoms with Crippen molar-refractivity contribution in [1.29, 1.82) is 0 Å². The van der Waals surface area contributed by atoms with Crippen molar-refractivity contribution < 1.29 is 14.6 Å². The standard InChI is InChI=1S/C6H6O3/c7-6(8)9-5-3-1-2-4-5/h1-3H,4H2,(H,7,8). The maximum Gasteiger partial charge on any atom is 0.511 e. The molecular formula is C6H6O3. The van der Waals surface area contributed by atoms with Crippen molar-refractivity contribution in [2.45, 2.75) is 6.42 Å². The summed E-state index contributed by atoms with van der Waals surface area (Å²) in [5, 5.41) is 8.08. The van der Waals surface area contributed by atoms with Crippen LogP contribution in [0.3, 0.4) is 0 Å². The first-order valence-electron chi connectivity index (χ1n) is 2.55. The van der Waals surface area contributed by atoms with E-state index in [1.807, 2.05) is 6.08 Å². The third kappa shape index (κ3) is 1.60. The van der Waals surface area contributed by atoms with Crippen LogP contribution in [0.5, 0.6) is 0 Å². The van der Waals surface area contributed by atoms with Gasteiger partial charge in [0.15, 0.2) is 0 Å². The van der Waals surface area contributed by atoms with Crippen molar-refractivity contribution in [3.8, 4) is 0 Å². The van der Waals surface area contributed by atoms with E-state index in [1.165, 1.54) is 0 Å². The van der Waals surface area contributed by atoms with Crippen molar-refractivity contribution in [2.75, 3.05) is 0 Å². The van der Waals surface area contributed by atoms with Gasteiger partial charge in [0.2, 0.25) is 0 Å². The maximum absolute atomic E-state index is 9.86. The molecule has 9 heavy (non-hydrogen) atoms. The van der Waals surface area contributed by atoms with Gasteiger partial charge in [0, 0.05) is 6.42 Å². The van der Waals surface area contributed by atoms with Crippen LogP contribution in [-0.4, -0.2) is 11.3 Å². The minimum atomic E-state index is -1.25. The molecule has 0 aromatic carbocycles. The molecule has 0 aromatic heterocycles. The Labute approximate surface area is 52.2 Å². The molecule has 3 nitrogen and oxygen atoms in total. The fourth-order valence-electron chi connectivity index (χ4n) is 0.615. The normalized spacial score (nSPS) is 15.3. The molecule has 0 aliphatic heterocycles. The Morgan fingerprint density at radius 1 is 1.78 bits per heavy atom. The van der Waals surface area contributed by atoms with Gasteiger partial charge in [-0.25, -0.2) is 4.79 Å². The lowest BCUT2D eigenvalue weighted by molar-refractivity contribution is 0.118. The molecule has 0 spiro atoms. The first-order chi connectivity index (χ1) is 4.29. The van der Waals surface area contributed by atoms with E-state index in [1.54, 1.807) is 12.2 Å². The van der Waals surface area contributed by atoms with Crippen LogP contribution in [0.1, 0.15) is 6.42 Å². The minimum absolute atomic E-state index is 0.488. The zero-order chi connectivity index (χ0) is 6.69. The Balaban J connectivity index is 2.39. The Bertz CT molecular complexity index is 179. The number of carbonyl (C=O) groups is 1. The van der Waals surface area contributed by atoms with Crippen LogP contribution < -0.4 is 0 Å².